The zero-order chi connectivity index (χ0) is 10.4. The molecule has 0 atom stereocenters. The van der Waals surface area contributed by atoms with Crippen LogP contribution < -0.4 is 5.32 Å². The number of hydrogen-bond donors (Lipinski definition) is 1. The van der Waals surface area contributed by atoms with Gasteiger partial charge in [0.2, 0.25) is 0 Å². The highest BCUT2D eigenvalue weighted by Gasteiger charge is 2.15. The van der Waals surface area contributed by atoms with Gasteiger partial charge >= 0.3 is 0 Å². The summed E-state index contributed by atoms with van der Waals surface area (Å²) in [4.78, 5) is 0. The van der Waals surface area contributed by atoms with E-state index in [-0.39, 0.29) is 0 Å². The Morgan fingerprint density at radius 2 is 2.00 bits per heavy atom. The number of benzene rings is 2. The predicted molar refractivity (Wildman–Crippen MR) is 67.5 cm³/mol. The molecule has 0 fully saturated rings. The van der Waals surface area contributed by atoms with Crippen LogP contribution in [0.1, 0.15) is 11.1 Å². The lowest BCUT2D eigenvalue weighted by Crippen LogP contribution is -1.98. The van der Waals surface area contributed by atoms with Gasteiger partial charge in [0.25, 0.3) is 0 Å². The lowest BCUT2D eigenvalue weighted by atomic mass is 10.0. The Bertz CT molecular complexity index is 572. The molecule has 3 rings (SSSR count). The van der Waals surface area contributed by atoms with Gasteiger partial charge in [-0.3, -0.25) is 0 Å². The molecule has 15 heavy (non-hydrogen) atoms. The molecule has 1 nitrogen and oxygen atoms in total. The van der Waals surface area contributed by atoms with Crippen LogP contribution in [0.15, 0.2) is 41.4 Å². The average Bonchev–Trinajstić information content (AvgIpc) is 2.61. The van der Waals surface area contributed by atoms with Gasteiger partial charge in [0.05, 0.1) is 0 Å². The first kappa shape index (κ1) is 8.98. The van der Waals surface area contributed by atoms with E-state index < -0.39 is 0 Å². The molecular weight excluding hydrogens is 250 g/mol. The molecule has 2 heteroatoms. The summed E-state index contributed by atoms with van der Waals surface area (Å²) in [5.74, 6) is 0. The van der Waals surface area contributed by atoms with Crippen LogP contribution in [0, 0.1) is 0 Å². The number of hydrogen-bond acceptors (Lipinski definition) is 1. The number of nitrogens with one attached hydrogen (secondary N) is 1. The van der Waals surface area contributed by atoms with Gasteiger partial charge in [-0.1, -0.05) is 40.7 Å². The molecule has 0 amide bonds. The topological polar surface area (TPSA) is 12.0 Å². The van der Waals surface area contributed by atoms with Gasteiger partial charge in [-0.25, -0.2) is 0 Å². The number of rotatable bonds is 0. The molecule has 2 aromatic carbocycles. The Morgan fingerprint density at radius 3 is 2.87 bits per heavy atom. The molecule has 2 aromatic rings. The van der Waals surface area contributed by atoms with Crippen molar-refractivity contribution >= 4 is 32.4 Å². The minimum absolute atomic E-state index is 0.891. The van der Waals surface area contributed by atoms with Crippen LogP contribution >= 0.6 is 15.9 Å². The Hall–Kier alpha value is -1.28. The lowest BCUT2D eigenvalue weighted by molar-refractivity contribution is 0.952. The Morgan fingerprint density at radius 1 is 1.20 bits per heavy atom. The van der Waals surface area contributed by atoms with Gasteiger partial charge in [0.15, 0.2) is 0 Å². The molecule has 0 radical (unpaired) electrons. The van der Waals surface area contributed by atoms with Gasteiger partial charge < -0.3 is 5.32 Å². The van der Waals surface area contributed by atoms with E-state index in [0.29, 0.717) is 0 Å². The summed E-state index contributed by atoms with van der Waals surface area (Å²) < 4.78 is 1.13. The maximum Gasteiger partial charge on any atom is 0.0413 e. The standard InChI is InChI=1S/C13H10BrN/c1-8-11-5-3-9-2-4-10(14)6-12(9)13(11)7-15-8/h2-6,15H,1,7H2. The van der Waals surface area contributed by atoms with Gasteiger partial charge in [0, 0.05) is 22.3 Å². The van der Waals surface area contributed by atoms with Crippen LogP contribution in [0.2, 0.25) is 0 Å². The van der Waals surface area contributed by atoms with Crippen molar-refractivity contribution in [2.24, 2.45) is 0 Å². The third kappa shape index (κ3) is 1.29. The van der Waals surface area contributed by atoms with Gasteiger partial charge in [-0.15, -0.1) is 0 Å². The van der Waals surface area contributed by atoms with Crippen LogP contribution in [0.4, 0.5) is 0 Å². The van der Waals surface area contributed by atoms with Crippen molar-refractivity contribution in [2.75, 3.05) is 0 Å². The van der Waals surface area contributed by atoms with Crippen molar-refractivity contribution < 1.29 is 0 Å². The molecule has 1 aliphatic heterocycles. The van der Waals surface area contributed by atoms with Crippen molar-refractivity contribution in [3.8, 4) is 0 Å². The third-order valence-electron chi connectivity index (χ3n) is 2.90. The molecule has 74 valence electrons. The van der Waals surface area contributed by atoms with E-state index in [1.165, 1.54) is 21.9 Å². The van der Waals surface area contributed by atoms with E-state index in [4.69, 9.17) is 0 Å². The molecule has 1 N–H and O–H groups in total. The fourth-order valence-electron chi connectivity index (χ4n) is 2.12. The highest BCUT2D eigenvalue weighted by molar-refractivity contribution is 9.10. The van der Waals surface area contributed by atoms with Crippen LogP contribution in [0.25, 0.3) is 16.5 Å². The maximum atomic E-state index is 4.00. The Kier molecular flexibility index (Phi) is 1.86. The van der Waals surface area contributed by atoms with E-state index in [9.17, 15) is 0 Å². The van der Waals surface area contributed by atoms with E-state index in [0.717, 1.165) is 16.7 Å². The number of fused-ring (bicyclic) bond motifs is 3. The van der Waals surface area contributed by atoms with E-state index in [2.05, 4.69) is 58.2 Å². The SMILES string of the molecule is C=C1NCc2c1ccc1ccc(Br)cc21. The highest BCUT2D eigenvalue weighted by Crippen LogP contribution is 2.31. The Labute approximate surface area is 96.9 Å². The summed E-state index contributed by atoms with van der Waals surface area (Å²) in [6.07, 6.45) is 0. The molecule has 0 saturated heterocycles. The van der Waals surface area contributed by atoms with Crippen LogP contribution in [0.5, 0.6) is 0 Å². The minimum atomic E-state index is 0.891. The predicted octanol–water partition coefficient (Wildman–Crippen LogP) is 3.68. The Balaban J connectivity index is 2.42. The van der Waals surface area contributed by atoms with Crippen molar-refractivity contribution in [1.82, 2.24) is 5.32 Å². The van der Waals surface area contributed by atoms with Gasteiger partial charge in [0.1, 0.15) is 0 Å². The van der Waals surface area contributed by atoms with Crippen LogP contribution in [0.3, 0.4) is 0 Å². The molecule has 1 heterocycles. The van der Waals surface area contributed by atoms with E-state index in [1.807, 2.05) is 0 Å². The van der Waals surface area contributed by atoms with Gasteiger partial charge in [-0.05, 0) is 28.5 Å². The second-order valence-electron chi connectivity index (χ2n) is 3.79. The largest absolute Gasteiger partial charge is 0.381 e. The number of halogens is 1. The molecule has 0 spiro atoms. The maximum absolute atomic E-state index is 4.00. The average molecular weight is 260 g/mol. The van der Waals surface area contributed by atoms with Crippen LogP contribution in [-0.4, -0.2) is 0 Å². The molecule has 0 unspecified atom stereocenters. The highest BCUT2D eigenvalue weighted by atomic mass is 79.9. The first-order valence-electron chi connectivity index (χ1n) is 4.90. The van der Waals surface area contributed by atoms with Crippen molar-refractivity contribution in [3.63, 3.8) is 0 Å². The second-order valence-corrected chi connectivity index (χ2v) is 4.70. The zero-order valence-corrected chi connectivity index (χ0v) is 9.76. The van der Waals surface area contributed by atoms with Crippen molar-refractivity contribution in [2.45, 2.75) is 6.54 Å². The first-order chi connectivity index (χ1) is 7.25. The third-order valence-corrected chi connectivity index (χ3v) is 3.39. The lowest BCUT2D eigenvalue weighted by Gasteiger charge is -2.04. The summed E-state index contributed by atoms with van der Waals surface area (Å²) in [6, 6.07) is 10.7. The smallest absolute Gasteiger partial charge is 0.0413 e. The molecule has 0 saturated carbocycles. The summed E-state index contributed by atoms with van der Waals surface area (Å²) in [7, 11) is 0. The quantitative estimate of drug-likeness (QED) is 0.762. The zero-order valence-electron chi connectivity index (χ0n) is 8.18. The summed E-state index contributed by atoms with van der Waals surface area (Å²) in [5, 5.41) is 5.89. The van der Waals surface area contributed by atoms with E-state index in [1.54, 1.807) is 0 Å². The molecule has 0 aliphatic carbocycles. The molecular formula is C13H10BrN. The van der Waals surface area contributed by atoms with Gasteiger partial charge in [-0.2, -0.15) is 0 Å². The summed E-state index contributed by atoms with van der Waals surface area (Å²) >= 11 is 3.51. The second kappa shape index (κ2) is 3.11. The van der Waals surface area contributed by atoms with Crippen molar-refractivity contribution in [1.29, 1.82) is 0 Å². The summed E-state index contributed by atoms with van der Waals surface area (Å²) in [5.41, 5.74) is 3.64. The monoisotopic (exact) mass is 259 g/mol. The van der Waals surface area contributed by atoms with E-state index >= 15 is 0 Å². The van der Waals surface area contributed by atoms with Crippen molar-refractivity contribution in [3.05, 3.63) is 52.5 Å². The first-order valence-corrected chi connectivity index (χ1v) is 5.69. The summed E-state index contributed by atoms with van der Waals surface area (Å²) in [6.45, 7) is 4.89. The normalized spacial score (nSPS) is 14.1. The molecule has 1 aliphatic rings. The minimum Gasteiger partial charge on any atom is -0.381 e. The van der Waals surface area contributed by atoms with Crippen LogP contribution in [-0.2, 0) is 6.54 Å². The fraction of sp³-hybridized carbons (Fsp3) is 0.0769. The fourth-order valence-corrected chi connectivity index (χ4v) is 2.48. The molecule has 0 aromatic heterocycles. The molecule has 0 bridgehead atoms.